The van der Waals surface area contributed by atoms with Gasteiger partial charge in [0.25, 0.3) is 0 Å². The molecule has 2 N–H and O–H groups in total. The zero-order valence-electron chi connectivity index (χ0n) is 13.4. The highest BCUT2D eigenvalue weighted by atomic mass is 32.2. The maximum Gasteiger partial charge on any atom is 0.303 e. The van der Waals surface area contributed by atoms with Gasteiger partial charge in [0, 0.05) is 12.3 Å². The first-order valence-corrected chi connectivity index (χ1v) is 9.49. The van der Waals surface area contributed by atoms with Crippen molar-refractivity contribution in [3.05, 3.63) is 42.5 Å². The second-order valence-corrected chi connectivity index (χ2v) is 7.55. The monoisotopic (exact) mass is 353 g/mol. The van der Waals surface area contributed by atoms with Gasteiger partial charge in [-0.15, -0.1) is 0 Å². The molecule has 0 aromatic heterocycles. The maximum absolute atomic E-state index is 12.4. The summed E-state index contributed by atoms with van der Waals surface area (Å²) in [7, 11) is -3.54. The number of nitrogens with one attached hydrogen (secondary N) is 1. The second kappa shape index (κ2) is 8.96. The zero-order chi connectivity index (χ0) is 17.4. The lowest BCUT2D eigenvalue weighted by Gasteiger charge is -2.17. The van der Waals surface area contributed by atoms with Gasteiger partial charge < -0.3 is 9.84 Å². The predicted octanol–water partition coefficient (Wildman–Crippen LogP) is 2.18. The lowest BCUT2D eigenvalue weighted by atomic mass is 10.00. The number of carbonyl (C=O) groups is 1. The summed E-state index contributed by atoms with van der Waals surface area (Å²) in [5.41, 5.74) is 0. The molecule has 0 saturated carbocycles. The Kier molecular flexibility index (Phi) is 6.96. The number of benzene rings is 1. The van der Waals surface area contributed by atoms with E-state index in [9.17, 15) is 13.2 Å². The van der Waals surface area contributed by atoms with E-state index in [1.165, 1.54) is 0 Å². The van der Waals surface area contributed by atoms with Crippen LogP contribution in [0.5, 0.6) is 0 Å². The largest absolute Gasteiger partial charge is 0.481 e. The van der Waals surface area contributed by atoms with Crippen LogP contribution in [0.4, 0.5) is 0 Å². The van der Waals surface area contributed by atoms with Crippen molar-refractivity contribution in [2.75, 3.05) is 13.2 Å². The molecule has 0 aliphatic carbocycles. The van der Waals surface area contributed by atoms with Crippen LogP contribution in [0.3, 0.4) is 0 Å². The zero-order valence-corrected chi connectivity index (χ0v) is 14.2. The summed E-state index contributed by atoms with van der Waals surface area (Å²) in [6, 6.07) is 8.04. The van der Waals surface area contributed by atoms with Gasteiger partial charge in [-0.1, -0.05) is 30.4 Å². The molecule has 0 bridgehead atoms. The fraction of sp³-hybridized carbons (Fsp3) is 0.471. The lowest BCUT2D eigenvalue weighted by molar-refractivity contribution is -0.137. The number of carboxylic acid groups (broad SMARTS) is 1. The van der Waals surface area contributed by atoms with Gasteiger partial charge in [0.2, 0.25) is 10.0 Å². The molecule has 1 heterocycles. The molecule has 1 saturated heterocycles. The van der Waals surface area contributed by atoms with E-state index in [1.807, 2.05) is 12.2 Å². The third kappa shape index (κ3) is 5.74. The van der Waals surface area contributed by atoms with Crippen molar-refractivity contribution in [2.24, 2.45) is 5.92 Å². The van der Waals surface area contributed by atoms with Gasteiger partial charge in [-0.05, 0) is 31.4 Å². The Morgan fingerprint density at radius 3 is 2.71 bits per heavy atom. The molecule has 1 fully saturated rings. The molecule has 2 rings (SSSR count). The van der Waals surface area contributed by atoms with Crippen molar-refractivity contribution in [2.45, 2.75) is 36.6 Å². The Morgan fingerprint density at radius 1 is 1.25 bits per heavy atom. The Hall–Kier alpha value is -1.70. The number of carboxylic acids is 1. The number of hydrogen-bond acceptors (Lipinski definition) is 4. The van der Waals surface area contributed by atoms with Crippen molar-refractivity contribution in [1.82, 2.24) is 4.72 Å². The summed E-state index contributed by atoms with van der Waals surface area (Å²) >= 11 is 0. The molecule has 2 unspecified atom stereocenters. The van der Waals surface area contributed by atoms with E-state index in [0.717, 1.165) is 0 Å². The van der Waals surface area contributed by atoms with Crippen LogP contribution in [0.1, 0.15) is 25.7 Å². The van der Waals surface area contributed by atoms with Gasteiger partial charge in [0.15, 0.2) is 0 Å². The summed E-state index contributed by atoms with van der Waals surface area (Å²) in [5.74, 6) is -0.706. The molecule has 1 aromatic carbocycles. The highest BCUT2D eigenvalue weighted by Gasteiger charge is 2.31. The summed E-state index contributed by atoms with van der Waals surface area (Å²) in [4.78, 5) is 10.7. The van der Waals surface area contributed by atoms with Crippen LogP contribution in [-0.4, -0.2) is 38.7 Å². The van der Waals surface area contributed by atoms with Crippen LogP contribution in [0.2, 0.25) is 0 Å². The SMILES string of the molecule is O=C(O)CCC/C=C\CC1COCC1NS(=O)(=O)c1ccccc1. The van der Waals surface area contributed by atoms with Crippen molar-refractivity contribution in [1.29, 1.82) is 0 Å². The number of unbranched alkanes of at least 4 members (excludes halogenated alkanes) is 1. The normalized spacial score (nSPS) is 21.3. The Bertz CT molecular complexity index is 657. The van der Waals surface area contributed by atoms with Crippen LogP contribution in [-0.2, 0) is 19.6 Å². The Morgan fingerprint density at radius 2 is 2.00 bits per heavy atom. The standard InChI is InChI=1S/C17H23NO5S/c19-17(20)11-7-2-1-4-8-14-12-23-13-16(14)18-24(21,22)15-9-5-3-6-10-15/h1,3-6,9-10,14,16,18H,2,7-8,11-13H2,(H,19,20)/b4-1-. The molecule has 132 valence electrons. The van der Waals surface area contributed by atoms with Gasteiger partial charge in [0.1, 0.15) is 0 Å². The minimum atomic E-state index is -3.54. The topological polar surface area (TPSA) is 92.7 Å². The van der Waals surface area contributed by atoms with Crippen LogP contribution in [0.15, 0.2) is 47.4 Å². The number of hydrogen-bond donors (Lipinski definition) is 2. The molecule has 7 heteroatoms. The molecule has 1 aliphatic rings. The van der Waals surface area contributed by atoms with Gasteiger partial charge in [-0.2, -0.15) is 0 Å². The third-order valence-corrected chi connectivity index (χ3v) is 5.43. The van der Waals surface area contributed by atoms with Crippen LogP contribution in [0.25, 0.3) is 0 Å². The fourth-order valence-corrected chi connectivity index (χ4v) is 3.90. The number of rotatable bonds is 9. The minimum Gasteiger partial charge on any atom is -0.481 e. The molecule has 1 aromatic rings. The van der Waals surface area contributed by atoms with E-state index < -0.39 is 16.0 Å². The van der Waals surface area contributed by atoms with Gasteiger partial charge in [-0.3, -0.25) is 4.79 Å². The maximum atomic E-state index is 12.4. The lowest BCUT2D eigenvalue weighted by Crippen LogP contribution is -2.39. The average molecular weight is 353 g/mol. The van der Waals surface area contributed by atoms with E-state index in [-0.39, 0.29) is 23.3 Å². The summed E-state index contributed by atoms with van der Waals surface area (Å²) < 4.78 is 32.9. The Labute approximate surface area is 142 Å². The predicted molar refractivity (Wildman–Crippen MR) is 90.1 cm³/mol. The van der Waals surface area contributed by atoms with Crippen molar-refractivity contribution in [3.63, 3.8) is 0 Å². The summed E-state index contributed by atoms with van der Waals surface area (Å²) in [6.07, 6.45) is 6.11. The number of aliphatic carboxylic acids is 1. The van der Waals surface area contributed by atoms with Gasteiger partial charge in [-0.25, -0.2) is 13.1 Å². The van der Waals surface area contributed by atoms with E-state index in [0.29, 0.717) is 32.5 Å². The van der Waals surface area contributed by atoms with E-state index in [1.54, 1.807) is 30.3 Å². The van der Waals surface area contributed by atoms with Gasteiger partial charge in [0.05, 0.1) is 24.2 Å². The first-order chi connectivity index (χ1) is 11.5. The van der Waals surface area contributed by atoms with Crippen molar-refractivity contribution in [3.8, 4) is 0 Å². The summed E-state index contributed by atoms with van der Waals surface area (Å²) in [5, 5.41) is 8.57. The number of sulfonamides is 1. The molecule has 2 atom stereocenters. The Balaban J connectivity index is 1.84. The highest BCUT2D eigenvalue weighted by Crippen LogP contribution is 2.20. The number of ether oxygens (including phenoxy) is 1. The second-order valence-electron chi connectivity index (χ2n) is 5.83. The molecule has 1 aliphatic heterocycles. The molecule has 24 heavy (non-hydrogen) atoms. The molecular weight excluding hydrogens is 330 g/mol. The molecule has 6 nitrogen and oxygen atoms in total. The van der Waals surface area contributed by atoms with Crippen molar-refractivity contribution >= 4 is 16.0 Å². The molecular formula is C17H23NO5S. The fourth-order valence-electron chi connectivity index (χ4n) is 2.59. The smallest absolute Gasteiger partial charge is 0.303 e. The first-order valence-electron chi connectivity index (χ1n) is 8.01. The molecule has 0 radical (unpaired) electrons. The third-order valence-electron chi connectivity index (χ3n) is 3.93. The number of allylic oxidation sites excluding steroid dienone is 2. The average Bonchev–Trinajstić information content (AvgIpc) is 2.98. The van der Waals surface area contributed by atoms with E-state index >= 15 is 0 Å². The van der Waals surface area contributed by atoms with E-state index in [2.05, 4.69) is 4.72 Å². The van der Waals surface area contributed by atoms with Crippen LogP contribution >= 0.6 is 0 Å². The quantitative estimate of drug-likeness (QED) is 0.524. The molecule has 0 spiro atoms. The first kappa shape index (κ1) is 18.6. The van der Waals surface area contributed by atoms with Crippen LogP contribution in [0, 0.1) is 5.92 Å². The highest BCUT2D eigenvalue weighted by molar-refractivity contribution is 7.89. The molecule has 0 amide bonds. The van der Waals surface area contributed by atoms with Gasteiger partial charge >= 0.3 is 5.97 Å². The van der Waals surface area contributed by atoms with Crippen LogP contribution < -0.4 is 4.72 Å². The van der Waals surface area contributed by atoms with E-state index in [4.69, 9.17) is 9.84 Å². The summed E-state index contributed by atoms with van der Waals surface area (Å²) in [6.45, 7) is 0.880. The van der Waals surface area contributed by atoms with Crippen molar-refractivity contribution < 1.29 is 23.1 Å². The minimum absolute atomic E-state index is 0.0826.